The van der Waals surface area contributed by atoms with Crippen LogP contribution in [0.15, 0.2) is 39.5 Å². The van der Waals surface area contributed by atoms with Crippen molar-refractivity contribution in [3.8, 4) is 0 Å². The number of hydrogen-bond acceptors (Lipinski definition) is 4. The van der Waals surface area contributed by atoms with E-state index in [2.05, 4.69) is 26.2 Å². The number of amides is 1. The highest BCUT2D eigenvalue weighted by Gasteiger charge is 2.10. The Labute approximate surface area is 116 Å². The van der Waals surface area contributed by atoms with Gasteiger partial charge >= 0.3 is 5.97 Å². The van der Waals surface area contributed by atoms with Gasteiger partial charge in [-0.3, -0.25) is 4.79 Å². The van der Waals surface area contributed by atoms with Crippen LogP contribution in [0.4, 0.5) is 0 Å². The van der Waals surface area contributed by atoms with Crippen molar-refractivity contribution >= 4 is 27.8 Å². The monoisotopic (exact) mass is 324 g/mol. The number of aromatic carboxylic acids is 1. The van der Waals surface area contributed by atoms with E-state index in [0.29, 0.717) is 10.2 Å². The summed E-state index contributed by atoms with van der Waals surface area (Å²) in [6.45, 7) is 0.240. The minimum absolute atomic E-state index is 0.0370. The van der Waals surface area contributed by atoms with Crippen molar-refractivity contribution in [2.45, 2.75) is 6.54 Å². The summed E-state index contributed by atoms with van der Waals surface area (Å²) in [5.41, 5.74) is 0.661. The third-order valence-corrected chi connectivity index (χ3v) is 2.72. The van der Waals surface area contributed by atoms with Gasteiger partial charge in [0.2, 0.25) is 0 Å². The summed E-state index contributed by atoms with van der Waals surface area (Å²) < 4.78 is 5.57. The molecular weight excluding hydrogens is 316 g/mol. The summed E-state index contributed by atoms with van der Waals surface area (Å²) in [4.78, 5) is 26.0. The Morgan fingerprint density at radius 2 is 2.11 bits per heavy atom. The largest absolute Gasteiger partial charge is 0.477 e. The number of carboxylic acids is 1. The Morgan fingerprint density at radius 3 is 2.63 bits per heavy atom. The maximum absolute atomic E-state index is 11.7. The van der Waals surface area contributed by atoms with E-state index >= 15 is 0 Å². The van der Waals surface area contributed by atoms with Gasteiger partial charge < -0.3 is 14.8 Å². The standard InChI is InChI=1S/C12H9BrN2O4/c13-10-4-3-9(19-10)11(16)15-6-7-1-2-8(12(17)18)14-5-7/h1-5H,6H2,(H,15,16)(H,17,18). The third kappa shape index (κ3) is 3.41. The van der Waals surface area contributed by atoms with Gasteiger partial charge in [0, 0.05) is 12.7 Å². The van der Waals surface area contributed by atoms with E-state index in [1.165, 1.54) is 12.3 Å². The zero-order chi connectivity index (χ0) is 13.8. The topological polar surface area (TPSA) is 92.4 Å². The number of nitrogens with one attached hydrogen (secondary N) is 1. The number of carbonyl (C=O) groups excluding carboxylic acids is 1. The van der Waals surface area contributed by atoms with Crippen LogP contribution in [0.2, 0.25) is 0 Å². The molecule has 2 aromatic heterocycles. The Hall–Kier alpha value is -2.15. The highest BCUT2D eigenvalue weighted by atomic mass is 79.9. The SMILES string of the molecule is O=C(O)c1ccc(CNC(=O)c2ccc(Br)o2)cn1. The average Bonchev–Trinajstić information content (AvgIpc) is 2.83. The van der Waals surface area contributed by atoms with E-state index in [4.69, 9.17) is 9.52 Å². The number of nitrogens with zero attached hydrogens (tertiary/aromatic N) is 1. The summed E-state index contributed by atoms with van der Waals surface area (Å²) in [7, 11) is 0. The number of furan rings is 1. The Kier molecular flexibility index (Phi) is 3.96. The first kappa shape index (κ1) is 13.3. The van der Waals surface area contributed by atoms with Crippen molar-refractivity contribution in [3.63, 3.8) is 0 Å². The predicted molar refractivity (Wildman–Crippen MR) is 68.8 cm³/mol. The number of halogens is 1. The minimum atomic E-state index is -1.09. The maximum Gasteiger partial charge on any atom is 0.354 e. The molecule has 0 spiro atoms. The van der Waals surface area contributed by atoms with Crippen LogP contribution in [0.25, 0.3) is 0 Å². The highest BCUT2D eigenvalue weighted by Crippen LogP contribution is 2.13. The van der Waals surface area contributed by atoms with Crippen LogP contribution in [0.3, 0.4) is 0 Å². The number of rotatable bonds is 4. The van der Waals surface area contributed by atoms with Gasteiger partial charge in [0.25, 0.3) is 5.91 Å². The second kappa shape index (κ2) is 5.66. The van der Waals surface area contributed by atoms with E-state index in [-0.39, 0.29) is 23.9 Å². The minimum Gasteiger partial charge on any atom is -0.477 e. The lowest BCUT2D eigenvalue weighted by atomic mass is 10.2. The molecule has 6 nitrogen and oxygen atoms in total. The smallest absolute Gasteiger partial charge is 0.354 e. The lowest BCUT2D eigenvalue weighted by Crippen LogP contribution is -2.22. The summed E-state index contributed by atoms with van der Waals surface area (Å²) >= 11 is 3.11. The lowest BCUT2D eigenvalue weighted by molar-refractivity contribution is 0.0690. The predicted octanol–water partition coefficient (Wildman–Crippen LogP) is 2.07. The van der Waals surface area contributed by atoms with Gasteiger partial charge in [0.05, 0.1) is 0 Å². The first-order valence-electron chi connectivity index (χ1n) is 5.28. The molecule has 0 aliphatic rings. The molecule has 0 saturated heterocycles. The van der Waals surface area contributed by atoms with Crippen LogP contribution >= 0.6 is 15.9 Å². The molecule has 19 heavy (non-hydrogen) atoms. The van der Waals surface area contributed by atoms with E-state index in [9.17, 15) is 9.59 Å². The fourth-order valence-electron chi connectivity index (χ4n) is 1.36. The molecule has 2 N–H and O–H groups in total. The van der Waals surface area contributed by atoms with Crippen LogP contribution in [0.5, 0.6) is 0 Å². The lowest BCUT2D eigenvalue weighted by Gasteiger charge is -2.03. The Bertz CT molecular complexity index is 606. The first-order valence-corrected chi connectivity index (χ1v) is 6.07. The van der Waals surface area contributed by atoms with Crippen LogP contribution in [-0.4, -0.2) is 22.0 Å². The van der Waals surface area contributed by atoms with Gasteiger partial charge in [-0.25, -0.2) is 9.78 Å². The second-order valence-electron chi connectivity index (χ2n) is 3.64. The van der Waals surface area contributed by atoms with Gasteiger partial charge in [0.1, 0.15) is 5.69 Å². The average molecular weight is 325 g/mol. The van der Waals surface area contributed by atoms with Gasteiger partial charge in [-0.05, 0) is 39.7 Å². The summed E-state index contributed by atoms with van der Waals surface area (Å²) in [5, 5.41) is 11.3. The molecule has 0 aliphatic heterocycles. The molecule has 0 atom stereocenters. The number of aromatic nitrogens is 1. The van der Waals surface area contributed by atoms with Gasteiger partial charge in [-0.1, -0.05) is 6.07 Å². The number of carboxylic acid groups (broad SMARTS) is 1. The van der Waals surface area contributed by atoms with Crippen molar-refractivity contribution in [2.24, 2.45) is 0 Å². The van der Waals surface area contributed by atoms with Crippen molar-refractivity contribution in [1.29, 1.82) is 0 Å². The highest BCUT2D eigenvalue weighted by molar-refractivity contribution is 9.10. The molecule has 1 amide bonds. The van der Waals surface area contributed by atoms with E-state index in [0.717, 1.165) is 0 Å². The molecule has 2 aromatic rings. The van der Waals surface area contributed by atoms with Crippen molar-refractivity contribution in [3.05, 3.63) is 52.1 Å². The zero-order valence-corrected chi connectivity index (χ0v) is 11.2. The van der Waals surface area contributed by atoms with Crippen LogP contribution in [-0.2, 0) is 6.54 Å². The third-order valence-electron chi connectivity index (χ3n) is 2.29. The van der Waals surface area contributed by atoms with E-state index in [1.807, 2.05) is 0 Å². The van der Waals surface area contributed by atoms with Crippen molar-refractivity contribution in [2.75, 3.05) is 0 Å². The fourth-order valence-corrected chi connectivity index (χ4v) is 1.67. The molecule has 0 radical (unpaired) electrons. The number of hydrogen-bond donors (Lipinski definition) is 2. The molecule has 0 fully saturated rings. The van der Waals surface area contributed by atoms with Crippen molar-refractivity contribution in [1.82, 2.24) is 10.3 Å². The number of carbonyl (C=O) groups is 2. The fraction of sp³-hybridized carbons (Fsp3) is 0.0833. The molecule has 7 heteroatoms. The normalized spacial score (nSPS) is 10.2. The molecular formula is C12H9BrN2O4. The molecule has 2 heterocycles. The number of pyridine rings is 1. The molecule has 0 unspecified atom stereocenters. The van der Waals surface area contributed by atoms with E-state index in [1.54, 1.807) is 18.2 Å². The molecule has 98 valence electrons. The molecule has 0 saturated carbocycles. The van der Waals surface area contributed by atoms with E-state index < -0.39 is 5.97 Å². The van der Waals surface area contributed by atoms with Gasteiger partial charge in [0.15, 0.2) is 10.4 Å². The van der Waals surface area contributed by atoms with Gasteiger partial charge in [-0.2, -0.15) is 0 Å². The Morgan fingerprint density at radius 1 is 1.32 bits per heavy atom. The second-order valence-corrected chi connectivity index (χ2v) is 4.42. The molecule has 2 rings (SSSR count). The van der Waals surface area contributed by atoms with Crippen LogP contribution < -0.4 is 5.32 Å². The van der Waals surface area contributed by atoms with Gasteiger partial charge in [-0.15, -0.1) is 0 Å². The summed E-state index contributed by atoms with van der Waals surface area (Å²) in [6, 6.07) is 6.14. The first-order chi connectivity index (χ1) is 9.06. The summed E-state index contributed by atoms with van der Waals surface area (Å²) in [6.07, 6.45) is 1.40. The summed E-state index contributed by atoms with van der Waals surface area (Å²) in [5.74, 6) is -1.24. The molecule has 0 aromatic carbocycles. The molecule has 0 aliphatic carbocycles. The van der Waals surface area contributed by atoms with Crippen LogP contribution in [0.1, 0.15) is 26.6 Å². The van der Waals surface area contributed by atoms with Crippen molar-refractivity contribution < 1.29 is 19.1 Å². The maximum atomic E-state index is 11.7. The Balaban J connectivity index is 1.95. The zero-order valence-electron chi connectivity index (χ0n) is 9.59. The molecule has 0 bridgehead atoms. The quantitative estimate of drug-likeness (QED) is 0.898. The van der Waals surface area contributed by atoms with Crippen LogP contribution in [0, 0.1) is 0 Å².